The third kappa shape index (κ3) is 3.40. The average molecular weight is 419 g/mol. The normalized spacial score (nSPS) is 17.8. The molecule has 150 valence electrons. The Bertz CT molecular complexity index is 1340. The van der Waals surface area contributed by atoms with Gasteiger partial charge in [0.05, 0.1) is 0 Å². The lowest BCUT2D eigenvalue weighted by Gasteiger charge is -2.21. The molecule has 0 fully saturated rings. The van der Waals surface area contributed by atoms with E-state index in [0.29, 0.717) is 5.45 Å². The maximum atomic E-state index is 14.8. The van der Waals surface area contributed by atoms with Crippen molar-refractivity contribution in [2.24, 2.45) is 4.99 Å². The zero-order valence-corrected chi connectivity index (χ0v) is 18.2. The fraction of sp³-hybridized carbons (Fsp3) is 0.0357. The second kappa shape index (κ2) is 7.98. The molecular formula is C28H22NOP. The average Bonchev–Trinajstić information content (AvgIpc) is 3.18. The Kier molecular flexibility index (Phi) is 5.02. The first-order chi connectivity index (χ1) is 15.2. The maximum absolute atomic E-state index is 14.8. The third-order valence-electron chi connectivity index (χ3n) is 5.74. The van der Waals surface area contributed by atoms with Gasteiger partial charge in [-0.1, -0.05) is 109 Å². The lowest BCUT2D eigenvalue weighted by atomic mass is 10.0. The van der Waals surface area contributed by atoms with Crippen molar-refractivity contribution in [1.82, 2.24) is 0 Å². The molecule has 31 heavy (non-hydrogen) atoms. The number of rotatable bonds is 4. The van der Waals surface area contributed by atoms with Crippen molar-refractivity contribution in [2.45, 2.75) is 6.92 Å². The molecular weight excluding hydrogens is 397 g/mol. The molecule has 0 N–H and O–H groups in total. The van der Waals surface area contributed by atoms with E-state index in [0.717, 1.165) is 38.4 Å². The van der Waals surface area contributed by atoms with E-state index in [1.165, 1.54) is 0 Å². The molecule has 0 aliphatic carbocycles. The highest BCUT2D eigenvalue weighted by molar-refractivity contribution is 7.96. The molecule has 4 aromatic carbocycles. The van der Waals surface area contributed by atoms with Crippen molar-refractivity contribution in [3.8, 4) is 11.1 Å². The molecule has 0 saturated carbocycles. The first-order valence-corrected chi connectivity index (χ1v) is 12.1. The van der Waals surface area contributed by atoms with Gasteiger partial charge in [0.1, 0.15) is 5.45 Å². The molecule has 0 bridgehead atoms. The van der Waals surface area contributed by atoms with E-state index >= 15 is 0 Å². The Hall–Kier alpha value is -3.48. The highest BCUT2D eigenvalue weighted by Gasteiger charge is 2.40. The predicted octanol–water partition coefficient (Wildman–Crippen LogP) is 7.11. The highest BCUT2D eigenvalue weighted by Crippen LogP contribution is 2.63. The molecule has 0 radical (unpaired) electrons. The summed E-state index contributed by atoms with van der Waals surface area (Å²) in [5.74, 6) is 0. The fourth-order valence-corrected chi connectivity index (χ4v) is 6.97. The van der Waals surface area contributed by atoms with Gasteiger partial charge in [0.15, 0.2) is 7.14 Å². The maximum Gasteiger partial charge on any atom is 0.191 e. The topological polar surface area (TPSA) is 29.4 Å². The lowest BCUT2D eigenvalue weighted by molar-refractivity contribution is 0.594. The molecule has 4 aromatic rings. The number of hydrogen-bond acceptors (Lipinski definition) is 2. The van der Waals surface area contributed by atoms with E-state index in [2.05, 4.69) is 36.4 Å². The molecule has 5 rings (SSSR count). The van der Waals surface area contributed by atoms with Crippen LogP contribution in [0, 0.1) is 6.92 Å². The minimum absolute atomic E-state index is 0.666. The molecule has 1 aliphatic heterocycles. The van der Waals surface area contributed by atoms with Gasteiger partial charge < -0.3 is 4.57 Å². The number of hydrogen-bond donors (Lipinski definition) is 0. The third-order valence-corrected chi connectivity index (χ3v) is 8.77. The summed E-state index contributed by atoms with van der Waals surface area (Å²) in [4.78, 5) is 4.73. The molecule has 1 heterocycles. The minimum Gasteiger partial charge on any atom is -0.307 e. The fourth-order valence-electron chi connectivity index (χ4n) is 4.08. The van der Waals surface area contributed by atoms with Gasteiger partial charge in [0.2, 0.25) is 0 Å². The first-order valence-electron chi connectivity index (χ1n) is 10.3. The summed E-state index contributed by atoms with van der Waals surface area (Å²) >= 11 is 0. The van der Waals surface area contributed by atoms with Crippen LogP contribution in [0.15, 0.2) is 120 Å². The quantitative estimate of drug-likeness (QED) is 0.324. The summed E-state index contributed by atoms with van der Waals surface area (Å²) in [5, 5.41) is 1.60. The van der Waals surface area contributed by atoms with Crippen LogP contribution >= 0.6 is 7.14 Å². The molecule has 0 saturated heterocycles. The first kappa shape index (κ1) is 19.5. The molecule has 1 atom stereocenters. The summed E-state index contributed by atoms with van der Waals surface area (Å²) in [7, 11) is -3.09. The summed E-state index contributed by atoms with van der Waals surface area (Å²) in [5.41, 5.74) is 5.93. The van der Waals surface area contributed by atoms with Gasteiger partial charge in [-0.25, -0.2) is 0 Å². The Morgan fingerprint density at radius 2 is 1.16 bits per heavy atom. The zero-order valence-electron chi connectivity index (χ0n) is 17.3. The van der Waals surface area contributed by atoms with Crippen molar-refractivity contribution in [1.29, 1.82) is 0 Å². The van der Waals surface area contributed by atoms with Gasteiger partial charge in [0, 0.05) is 22.4 Å². The van der Waals surface area contributed by atoms with Crippen LogP contribution in [-0.4, -0.2) is 5.45 Å². The molecule has 0 spiro atoms. The van der Waals surface area contributed by atoms with Gasteiger partial charge in [-0.2, -0.15) is 0 Å². The van der Waals surface area contributed by atoms with Crippen LogP contribution in [0.3, 0.4) is 0 Å². The highest BCUT2D eigenvalue weighted by atomic mass is 31.2. The van der Waals surface area contributed by atoms with Crippen LogP contribution in [0.1, 0.15) is 16.7 Å². The monoisotopic (exact) mass is 419 g/mol. The van der Waals surface area contributed by atoms with Crippen LogP contribution in [0.5, 0.6) is 0 Å². The van der Waals surface area contributed by atoms with E-state index in [-0.39, 0.29) is 0 Å². The van der Waals surface area contributed by atoms with Gasteiger partial charge >= 0.3 is 0 Å². The van der Waals surface area contributed by atoms with E-state index in [1.54, 1.807) is 6.20 Å². The van der Waals surface area contributed by atoms with Crippen LogP contribution in [-0.2, 0) is 4.57 Å². The Balaban J connectivity index is 1.61. The van der Waals surface area contributed by atoms with Crippen molar-refractivity contribution in [3.63, 3.8) is 0 Å². The second-order valence-corrected chi connectivity index (χ2v) is 10.3. The summed E-state index contributed by atoms with van der Waals surface area (Å²) in [6, 6.07) is 36.3. The van der Waals surface area contributed by atoms with Gasteiger partial charge in [0.25, 0.3) is 0 Å². The van der Waals surface area contributed by atoms with Gasteiger partial charge in [-0.05, 0) is 29.2 Å². The predicted molar refractivity (Wildman–Crippen MR) is 131 cm³/mol. The summed E-state index contributed by atoms with van der Waals surface area (Å²) in [6.07, 6.45) is 1.80. The van der Waals surface area contributed by atoms with E-state index < -0.39 is 7.14 Å². The minimum atomic E-state index is -3.09. The summed E-state index contributed by atoms with van der Waals surface area (Å²) < 4.78 is 14.8. The molecule has 3 heteroatoms. The molecule has 1 unspecified atom stereocenters. The van der Waals surface area contributed by atoms with Crippen LogP contribution < -0.4 is 5.30 Å². The van der Waals surface area contributed by atoms with Crippen LogP contribution in [0.25, 0.3) is 16.4 Å². The number of aliphatic imine (C=N–C) groups is 1. The van der Waals surface area contributed by atoms with E-state index in [9.17, 15) is 4.57 Å². The smallest absolute Gasteiger partial charge is 0.191 e. The summed E-state index contributed by atoms with van der Waals surface area (Å²) in [6.45, 7) is 2.04. The van der Waals surface area contributed by atoms with E-state index in [1.807, 2.05) is 79.7 Å². The SMILES string of the molecule is Cc1ccccc1C1=NC=C(c2ccc(-c3ccccc3)cc2)P1(=O)c1ccccc1. The zero-order chi connectivity index (χ0) is 21.3. The van der Waals surface area contributed by atoms with Crippen molar-refractivity contribution < 1.29 is 4.57 Å². The van der Waals surface area contributed by atoms with Crippen LogP contribution in [0.2, 0.25) is 0 Å². The number of nitrogens with zero attached hydrogens (tertiary/aromatic N) is 1. The van der Waals surface area contributed by atoms with Crippen molar-refractivity contribution in [3.05, 3.63) is 132 Å². The molecule has 1 aliphatic rings. The van der Waals surface area contributed by atoms with Crippen molar-refractivity contribution in [2.75, 3.05) is 0 Å². The second-order valence-electron chi connectivity index (χ2n) is 7.67. The Morgan fingerprint density at radius 3 is 1.84 bits per heavy atom. The van der Waals surface area contributed by atoms with Crippen LogP contribution in [0.4, 0.5) is 0 Å². The standard InChI is InChI=1S/C28H22NOP/c1-21-10-8-9-15-26(21)28-29-20-27(31(28,30)25-13-6-3-7-14-25)24-18-16-23(17-19-24)22-11-4-2-5-12-22/h2-20H,1H3. The van der Waals surface area contributed by atoms with E-state index in [4.69, 9.17) is 4.99 Å². The molecule has 0 aromatic heterocycles. The lowest BCUT2D eigenvalue weighted by Crippen LogP contribution is -2.13. The Morgan fingerprint density at radius 1 is 0.613 bits per heavy atom. The number of benzene rings is 4. The van der Waals surface area contributed by atoms with Gasteiger partial charge in [-0.15, -0.1) is 0 Å². The molecule has 2 nitrogen and oxygen atoms in total. The number of aryl methyl sites for hydroxylation is 1. The molecule has 0 amide bonds. The van der Waals surface area contributed by atoms with Crippen molar-refractivity contribution >= 4 is 23.2 Å². The Labute approximate surface area is 183 Å². The largest absolute Gasteiger partial charge is 0.307 e. The van der Waals surface area contributed by atoms with Gasteiger partial charge in [-0.3, -0.25) is 4.99 Å².